The molecule has 3 unspecified atom stereocenters. The largest absolute Gasteiger partial charge is 0.493 e. The summed E-state index contributed by atoms with van der Waals surface area (Å²) in [7, 11) is 1.45. The van der Waals surface area contributed by atoms with Crippen LogP contribution in [0.1, 0.15) is 54.4 Å². The van der Waals surface area contributed by atoms with Gasteiger partial charge in [0, 0.05) is 42.6 Å². The highest BCUT2D eigenvalue weighted by atomic mass is 127. The minimum absolute atomic E-state index is 0.0626. The molecule has 1 heterocycles. The van der Waals surface area contributed by atoms with Crippen molar-refractivity contribution in [1.82, 2.24) is 10.2 Å². The molecule has 2 amide bonds. The normalized spacial score (nSPS) is 21.0. The van der Waals surface area contributed by atoms with E-state index in [4.69, 9.17) is 13.9 Å². The van der Waals surface area contributed by atoms with Crippen LogP contribution in [0.3, 0.4) is 0 Å². The van der Waals surface area contributed by atoms with Crippen molar-refractivity contribution in [2.24, 2.45) is 5.92 Å². The number of carbonyl (C=O) groups excluding carboxylic acids is 3. The quantitative estimate of drug-likeness (QED) is 0.232. The van der Waals surface area contributed by atoms with Crippen molar-refractivity contribution in [3.05, 3.63) is 57.1 Å². The van der Waals surface area contributed by atoms with Crippen molar-refractivity contribution < 1.29 is 38.5 Å². The molecule has 216 valence electrons. The smallest absolute Gasteiger partial charge is 0.247 e. The Morgan fingerprint density at radius 2 is 2.05 bits per heavy atom. The van der Waals surface area contributed by atoms with Crippen molar-refractivity contribution in [3.8, 4) is 11.5 Å². The van der Waals surface area contributed by atoms with E-state index in [0.717, 1.165) is 31.2 Å². The molecule has 0 bridgehead atoms. The topological polar surface area (TPSA) is 139 Å². The number of amides is 2. The maximum Gasteiger partial charge on any atom is 0.247 e. The first-order chi connectivity index (χ1) is 19.3. The van der Waals surface area contributed by atoms with Crippen molar-refractivity contribution in [3.63, 3.8) is 0 Å². The first kappa shape index (κ1) is 30.1. The fraction of sp³-hybridized carbons (Fsp3) is 0.483. The van der Waals surface area contributed by atoms with Crippen molar-refractivity contribution in [1.29, 1.82) is 0 Å². The molecule has 3 atom stereocenters. The molecule has 2 aliphatic carbocycles. The second-order valence-electron chi connectivity index (χ2n) is 10.2. The summed E-state index contributed by atoms with van der Waals surface area (Å²) in [5.74, 6) is 0.385. The first-order valence-electron chi connectivity index (χ1n) is 13.4. The van der Waals surface area contributed by atoms with Gasteiger partial charge in [-0.1, -0.05) is 12.8 Å². The Bertz CT molecular complexity index is 1210. The third-order valence-corrected chi connectivity index (χ3v) is 8.25. The van der Waals surface area contributed by atoms with E-state index in [9.17, 15) is 24.6 Å². The summed E-state index contributed by atoms with van der Waals surface area (Å²) in [6.07, 6.45) is 7.81. The van der Waals surface area contributed by atoms with Crippen molar-refractivity contribution in [2.75, 3.05) is 20.3 Å². The number of aliphatic hydroxyl groups excluding tert-OH is 2. The summed E-state index contributed by atoms with van der Waals surface area (Å²) >= 11 is 2.02. The molecule has 0 aliphatic heterocycles. The Kier molecular flexibility index (Phi) is 10.6. The van der Waals surface area contributed by atoms with Gasteiger partial charge in [0.1, 0.15) is 18.5 Å². The highest BCUT2D eigenvalue weighted by Gasteiger charge is 2.41. The molecule has 1 aromatic heterocycles. The van der Waals surface area contributed by atoms with Crippen LogP contribution in [-0.2, 0) is 16.1 Å². The van der Waals surface area contributed by atoms with E-state index in [1.807, 2.05) is 22.6 Å². The standard InChI is InChI=1S/C29H35IN2O8/c1-38-25-11-20(16-34)10-22(30)28(25)40-24-14-21(29(37)31-7-8-33)13-23(27(24)36)32(15-19-6-9-39-17-19)26(35)12-18-4-2-3-5-18/h6,9-11,14,16-18,23-24,27,33,36H,2-5,7-8,12-13,15H2,1H3,(H,31,37). The van der Waals surface area contributed by atoms with E-state index < -0.39 is 24.2 Å². The molecule has 2 aromatic rings. The Labute approximate surface area is 246 Å². The van der Waals surface area contributed by atoms with Crippen LogP contribution in [0, 0.1) is 9.49 Å². The van der Waals surface area contributed by atoms with Gasteiger partial charge in [0.25, 0.3) is 0 Å². The average molecular weight is 667 g/mol. The van der Waals surface area contributed by atoms with Crippen LogP contribution in [0.5, 0.6) is 11.5 Å². The number of hydrogen-bond acceptors (Lipinski definition) is 8. The Morgan fingerprint density at radius 1 is 1.27 bits per heavy atom. The van der Waals surface area contributed by atoms with E-state index in [1.165, 1.54) is 19.4 Å². The summed E-state index contributed by atoms with van der Waals surface area (Å²) in [6, 6.07) is 4.16. The second kappa shape index (κ2) is 14.1. The molecule has 1 aromatic carbocycles. The molecular formula is C29H35IN2O8. The molecule has 11 heteroatoms. The van der Waals surface area contributed by atoms with Crippen LogP contribution in [0.2, 0.25) is 0 Å². The van der Waals surface area contributed by atoms with Crippen molar-refractivity contribution >= 4 is 40.7 Å². The maximum absolute atomic E-state index is 13.7. The van der Waals surface area contributed by atoms with Crippen LogP contribution < -0.4 is 14.8 Å². The van der Waals surface area contributed by atoms with E-state index in [1.54, 1.807) is 29.4 Å². The molecule has 2 aliphatic rings. The molecular weight excluding hydrogens is 631 g/mol. The first-order valence-corrected chi connectivity index (χ1v) is 14.5. The highest BCUT2D eigenvalue weighted by molar-refractivity contribution is 14.1. The monoisotopic (exact) mass is 666 g/mol. The number of rotatable bonds is 12. The molecule has 0 spiro atoms. The van der Waals surface area contributed by atoms with Gasteiger partial charge in [0.05, 0.1) is 35.9 Å². The lowest BCUT2D eigenvalue weighted by Crippen LogP contribution is -2.55. The predicted molar refractivity (Wildman–Crippen MR) is 154 cm³/mol. The minimum Gasteiger partial charge on any atom is -0.493 e. The number of ether oxygens (including phenoxy) is 2. The van der Waals surface area contributed by atoms with Gasteiger partial charge in [-0.2, -0.15) is 0 Å². The number of methoxy groups -OCH3 is 1. The lowest BCUT2D eigenvalue weighted by Gasteiger charge is -2.41. The number of hydrogen-bond donors (Lipinski definition) is 3. The van der Waals surface area contributed by atoms with Gasteiger partial charge < -0.3 is 34.3 Å². The fourth-order valence-corrected chi connectivity index (χ4v) is 6.14. The molecule has 3 N–H and O–H groups in total. The average Bonchev–Trinajstić information content (AvgIpc) is 3.67. The van der Waals surface area contributed by atoms with Crippen LogP contribution in [0.15, 0.2) is 46.8 Å². The minimum atomic E-state index is -1.18. The van der Waals surface area contributed by atoms with Gasteiger partial charge >= 0.3 is 0 Å². The maximum atomic E-state index is 13.7. The lowest BCUT2D eigenvalue weighted by molar-refractivity contribution is -0.140. The van der Waals surface area contributed by atoms with E-state index in [0.29, 0.717) is 38.9 Å². The molecule has 1 saturated carbocycles. The number of carbonyl (C=O) groups is 3. The van der Waals surface area contributed by atoms with Crippen LogP contribution >= 0.6 is 22.6 Å². The van der Waals surface area contributed by atoms with Gasteiger partial charge in [-0.05, 0) is 65.6 Å². The number of nitrogens with zero attached hydrogens (tertiary/aromatic N) is 1. The van der Waals surface area contributed by atoms with Gasteiger partial charge in [-0.3, -0.25) is 14.4 Å². The van der Waals surface area contributed by atoms with Gasteiger partial charge in [-0.15, -0.1) is 0 Å². The SMILES string of the molecule is COc1cc(C=O)cc(I)c1OC1C=C(C(=O)NCCO)CC(N(Cc2ccoc2)C(=O)CC2CCCC2)C1O. The van der Waals surface area contributed by atoms with E-state index in [2.05, 4.69) is 5.32 Å². The lowest BCUT2D eigenvalue weighted by atomic mass is 9.87. The molecule has 0 saturated heterocycles. The van der Waals surface area contributed by atoms with Gasteiger partial charge in [0.15, 0.2) is 11.5 Å². The summed E-state index contributed by atoms with van der Waals surface area (Å²) in [4.78, 5) is 39.8. The zero-order valence-corrected chi connectivity index (χ0v) is 24.5. The van der Waals surface area contributed by atoms with E-state index in [-0.39, 0.29) is 37.9 Å². The highest BCUT2D eigenvalue weighted by Crippen LogP contribution is 2.37. The van der Waals surface area contributed by atoms with Gasteiger partial charge in [-0.25, -0.2) is 0 Å². The number of aliphatic hydroxyl groups is 2. The number of nitrogens with one attached hydrogen (secondary N) is 1. The summed E-state index contributed by atoms with van der Waals surface area (Å²) in [5.41, 5.74) is 1.50. The molecule has 40 heavy (non-hydrogen) atoms. The Hall–Kier alpha value is -2.90. The zero-order valence-electron chi connectivity index (χ0n) is 22.4. The van der Waals surface area contributed by atoms with Crippen LogP contribution in [0.25, 0.3) is 0 Å². The third kappa shape index (κ3) is 7.24. The van der Waals surface area contributed by atoms with Gasteiger partial charge in [0.2, 0.25) is 11.8 Å². The van der Waals surface area contributed by atoms with Crippen LogP contribution in [-0.4, -0.2) is 71.7 Å². The predicted octanol–water partition coefficient (Wildman–Crippen LogP) is 3.23. The molecule has 4 rings (SSSR count). The fourth-order valence-electron chi connectivity index (χ4n) is 5.39. The Balaban J connectivity index is 1.69. The van der Waals surface area contributed by atoms with E-state index >= 15 is 0 Å². The summed E-state index contributed by atoms with van der Waals surface area (Å²) in [6.45, 7) is 0.0417. The second-order valence-corrected chi connectivity index (χ2v) is 11.3. The third-order valence-electron chi connectivity index (χ3n) is 7.45. The van der Waals surface area contributed by atoms with Crippen LogP contribution in [0.4, 0.5) is 0 Å². The molecule has 0 radical (unpaired) electrons. The molecule has 10 nitrogen and oxygen atoms in total. The number of aldehydes is 1. The Morgan fingerprint density at radius 3 is 2.70 bits per heavy atom. The number of furan rings is 1. The molecule has 1 fully saturated rings. The van der Waals surface area contributed by atoms with Crippen molar-refractivity contribution in [2.45, 2.75) is 63.3 Å². The number of benzene rings is 1. The number of halogens is 1. The zero-order chi connectivity index (χ0) is 28.6. The summed E-state index contributed by atoms with van der Waals surface area (Å²) in [5, 5.41) is 23.6. The summed E-state index contributed by atoms with van der Waals surface area (Å²) < 4.78 is 17.6.